The van der Waals surface area contributed by atoms with Crippen molar-refractivity contribution >= 4 is 6.03 Å². The SMILES string of the molecule is CCN(Cc1ccc(C#N)cc1F)C(=O)N[C@H](C)c1cnn(C)c1C. The number of hydrogen-bond donors (Lipinski definition) is 1. The van der Waals surface area contributed by atoms with Crippen molar-refractivity contribution in [3.63, 3.8) is 0 Å². The molecule has 132 valence electrons. The predicted molar refractivity (Wildman–Crippen MR) is 92.1 cm³/mol. The zero-order valence-electron chi connectivity index (χ0n) is 14.9. The number of nitriles is 1. The van der Waals surface area contributed by atoms with E-state index in [0.717, 1.165) is 11.3 Å². The fourth-order valence-corrected chi connectivity index (χ4v) is 2.57. The van der Waals surface area contributed by atoms with E-state index in [4.69, 9.17) is 5.26 Å². The molecule has 1 aromatic carbocycles. The van der Waals surface area contributed by atoms with Gasteiger partial charge in [-0.2, -0.15) is 10.4 Å². The van der Waals surface area contributed by atoms with Gasteiger partial charge in [-0.1, -0.05) is 6.07 Å². The van der Waals surface area contributed by atoms with E-state index in [1.54, 1.807) is 23.0 Å². The van der Waals surface area contributed by atoms with Crippen LogP contribution in [0.4, 0.5) is 9.18 Å². The lowest BCUT2D eigenvalue weighted by molar-refractivity contribution is 0.194. The summed E-state index contributed by atoms with van der Waals surface area (Å²) in [4.78, 5) is 14.0. The first-order valence-electron chi connectivity index (χ1n) is 8.09. The Morgan fingerprint density at radius 2 is 2.24 bits per heavy atom. The summed E-state index contributed by atoms with van der Waals surface area (Å²) in [5.74, 6) is -0.485. The van der Waals surface area contributed by atoms with Crippen LogP contribution in [0.2, 0.25) is 0 Å². The Balaban J connectivity index is 2.08. The Morgan fingerprint density at radius 1 is 1.52 bits per heavy atom. The number of carbonyl (C=O) groups is 1. The molecule has 0 fully saturated rings. The number of hydrogen-bond acceptors (Lipinski definition) is 3. The third-order valence-corrected chi connectivity index (χ3v) is 4.29. The van der Waals surface area contributed by atoms with Crippen LogP contribution in [0.1, 0.15) is 42.3 Å². The number of aromatic nitrogens is 2. The first-order valence-corrected chi connectivity index (χ1v) is 8.09. The molecule has 1 aromatic heterocycles. The van der Waals surface area contributed by atoms with E-state index in [1.807, 2.05) is 33.9 Å². The Kier molecular flexibility index (Phi) is 5.75. The number of halogens is 1. The molecule has 0 saturated heterocycles. The third kappa shape index (κ3) is 4.15. The largest absolute Gasteiger partial charge is 0.331 e. The molecule has 2 rings (SSSR count). The Labute approximate surface area is 146 Å². The minimum Gasteiger partial charge on any atom is -0.331 e. The topological polar surface area (TPSA) is 74.0 Å². The predicted octanol–water partition coefficient (Wildman–Crippen LogP) is 3.03. The molecule has 25 heavy (non-hydrogen) atoms. The second-order valence-electron chi connectivity index (χ2n) is 5.91. The fourth-order valence-electron chi connectivity index (χ4n) is 2.57. The van der Waals surface area contributed by atoms with Gasteiger partial charge in [0.15, 0.2) is 0 Å². The van der Waals surface area contributed by atoms with Crippen molar-refractivity contribution in [3.8, 4) is 6.07 Å². The van der Waals surface area contributed by atoms with E-state index in [1.165, 1.54) is 11.0 Å². The smallest absolute Gasteiger partial charge is 0.318 e. The van der Waals surface area contributed by atoms with Gasteiger partial charge in [0, 0.05) is 30.4 Å². The maximum atomic E-state index is 14.1. The summed E-state index contributed by atoms with van der Waals surface area (Å²) in [6, 6.07) is 5.68. The van der Waals surface area contributed by atoms with Gasteiger partial charge >= 0.3 is 6.03 Å². The van der Waals surface area contributed by atoms with Crippen LogP contribution in [0.3, 0.4) is 0 Å². The summed E-state index contributed by atoms with van der Waals surface area (Å²) in [7, 11) is 1.85. The fraction of sp³-hybridized carbons (Fsp3) is 0.389. The second kappa shape index (κ2) is 7.79. The summed E-state index contributed by atoms with van der Waals surface area (Å²) in [6.45, 7) is 6.23. The Bertz CT molecular complexity index is 808. The molecule has 1 N–H and O–H groups in total. The van der Waals surface area contributed by atoms with Gasteiger partial charge in [0.2, 0.25) is 0 Å². The molecular weight excluding hydrogens is 321 g/mol. The molecule has 2 amide bonds. The molecule has 6 nitrogen and oxygen atoms in total. The minimum atomic E-state index is -0.485. The number of benzene rings is 1. The molecular formula is C18H22FN5O. The van der Waals surface area contributed by atoms with E-state index < -0.39 is 5.82 Å². The summed E-state index contributed by atoms with van der Waals surface area (Å²) >= 11 is 0. The van der Waals surface area contributed by atoms with Gasteiger partial charge in [-0.25, -0.2) is 9.18 Å². The van der Waals surface area contributed by atoms with Gasteiger partial charge < -0.3 is 10.2 Å². The number of rotatable bonds is 5. The third-order valence-electron chi connectivity index (χ3n) is 4.29. The van der Waals surface area contributed by atoms with Gasteiger partial charge in [0.1, 0.15) is 5.82 Å². The lowest BCUT2D eigenvalue weighted by Gasteiger charge is -2.24. The number of urea groups is 1. The molecule has 2 aromatic rings. The molecule has 0 aliphatic heterocycles. The van der Waals surface area contributed by atoms with Crippen LogP contribution in [0.15, 0.2) is 24.4 Å². The van der Waals surface area contributed by atoms with Crippen LogP contribution in [0.5, 0.6) is 0 Å². The van der Waals surface area contributed by atoms with Crippen molar-refractivity contribution in [3.05, 3.63) is 52.6 Å². The van der Waals surface area contributed by atoms with Crippen LogP contribution in [-0.4, -0.2) is 27.3 Å². The highest BCUT2D eigenvalue weighted by Gasteiger charge is 2.19. The maximum Gasteiger partial charge on any atom is 0.318 e. The second-order valence-corrected chi connectivity index (χ2v) is 5.91. The molecule has 0 saturated carbocycles. The van der Waals surface area contributed by atoms with Gasteiger partial charge in [-0.3, -0.25) is 4.68 Å². The van der Waals surface area contributed by atoms with Crippen molar-refractivity contribution in [1.82, 2.24) is 20.0 Å². The highest BCUT2D eigenvalue weighted by atomic mass is 19.1. The monoisotopic (exact) mass is 343 g/mol. The highest BCUT2D eigenvalue weighted by Crippen LogP contribution is 2.17. The number of nitrogens with zero attached hydrogens (tertiary/aromatic N) is 4. The van der Waals surface area contributed by atoms with E-state index in [-0.39, 0.29) is 24.2 Å². The maximum absolute atomic E-state index is 14.1. The molecule has 7 heteroatoms. The van der Waals surface area contributed by atoms with Crippen LogP contribution < -0.4 is 5.32 Å². The normalized spacial score (nSPS) is 11.7. The average Bonchev–Trinajstić information content (AvgIpc) is 2.92. The van der Waals surface area contributed by atoms with E-state index in [0.29, 0.717) is 12.1 Å². The van der Waals surface area contributed by atoms with Gasteiger partial charge in [0.25, 0.3) is 0 Å². The van der Waals surface area contributed by atoms with Crippen LogP contribution in [0, 0.1) is 24.1 Å². The zero-order chi connectivity index (χ0) is 18.6. The van der Waals surface area contributed by atoms with E-state index in [9.17, 15) is 9.18 Å². The Morgan fingerprint density at radius 3 is 2.76 bits per heavy atom. The summed E-state index contributed by atoms with van der Waals surface area (Å²) in [5, 5.41) is 15.9. The summed E-state index contributed by atoms with van der Waals surface area (Å²) < 4.78 is 15.8. The lowest BCUT2D eigenvalue weighted by Crippen LogP contribution is -2.40. The molecule has 0 aliphatic carbocycles. The molecule has 1 atom stereocenters. The van der Waals surface area contributed by atoms with Crippen molar-refractivity contribution in [2.75, 3.05) is 6.54 Å². The zero-order valence-corrected chi connectivity index (χ0v) is 14.9. The lowest BCUT2D eigenvalue weighted by atomic mass is 10.1. The molecule has 0 bridgehead atoms. The Hall–Kier alpha value is -2.88. The van der Waals surface area contributed by atoms with Crippen LogP contribution in [0.25, 0.3) is 0 Å². The van der Waals surface area contributed by atoms with E-state index in [2.05, 4.69) is 10.4 Å². The van der Waals surface area contributed by atoms with Crippen molar-refractivity contribution in [2.24, 2.45) is 7.05 Å². The number of amides is 2. The van der Waals surface area contributed by atoms with Crippen LogP contribution >= 0.6 is 0 Å². The number of nitrogens with one attached hydrogen (secondary N) is 1. The highest BCUT2D eigenvalue weighted by molar-refractivity contribution is 5.74. The first kappa shape index (κ1) is 18.5. The quantitative estimate of drug-likeness (QED) is 0.907. The number of aryl methyl sites for hydroxylation is 1. The molecule has 0 unspecified atom stereocenters. The molecule has 0 radical (unpaired) electrons. The average molecular weight is 343 g/mol. The van der Waals surface area contributed by atoms with Gasteiger partial charge in [-0.05, 0) is 32.9 Å². The molecule has 0 aliphatic rings. The van der Waals surface area contributed by atoms with Crippen molar-refractivity contribution in [2.45, 2.75) is 33.4 Å². The van der Waals surface area contributed by atoms with E-state index >= 15 is 0 Å². The van der Waals surface area contributed by atoms with Crippen molar-refractivity contribution < 1.29 is 9.18 Å². The van der Waals surface area contributed by atoms with Gasteiger partial charge in [0.05, 0.1) is 30.4 Å². The minimum absolute atomic E-state index is 0.138. The molecule has 1 heterocycles. The van der Waals surface area contributed by atoms with Crippen LogP contribution in [-0.2, 0) is 13.6 Å². The summed E-state index contributed by atoms with van der Waals surface area (Å²) in [5.41, 5.74) is 2.56. The van der Waals surface area contributed by atoms with Gasteiger partial charge in [-0.15, -0.1) is 0 Å². The van der Waals surface area contributed by atoms with Crippen molar-refractivity contribution in [1.29, 1.82) is 5.26 Å². The number of carbonyl (C=O) groups excluding carboxylic acids is 1. The first-order chi connectivity index (χ1) is 11.9. The molecule has 0 spiro atoms. The summed E-state index contributed by atoms with van der Waals surface area (Å²) in [6.07, 6.45) is 1.73. The standard InChI is InChI=1S/C18H22FN5O/c1-5-24(11-15-7-6-14(9-20)8-17(15)19)18(25)22-12(2)16-10-21-23(4)13(16)3/h6-8,10,12H,5,11H2,1-4H3,(H,22,25)/t12-/m1/s1.